The Morgan fingerprint density at radius 1 is 1.10 bits per heavy atom. The lowest BCUT2D eigenvalue weighted by Gasteiger charge is -2.26. The number of aryl methyl sites for hydroxylation is 3. The van der Waals surface area contributed by atoms with Gasteiger partial charge in [-0.05, 0) is 69.5 Å². The number of rotatable bonds is 6. The molecule has 21 heavy (non-hydrogen) atoms. The first-order valence-electron chi connectivity index (χ1n) is 8.19. The number of nitrogens with one attached hydrogen (secondary N) is 1. The summed E-state index contributed by atoms with van der Waals surface area (Å²) >= 11 is 0. The first-order valence-corrected chi connectivity index (χ1v) is 8.19. The van der Waals surface area contributed by atoms with Crippen molar-refractivity contribution in [2.45, 2.75) is 40.2 Å². The molecule has 1 aromatic carbocycles. The van der Waals surface area contributed by atoms with Crippen molar-refractivity contribution in [2.75, 3.05) is 39.4 Å². The van der Waals surface area contributed by atoms with Crippen molar-refractivity contribution in [1.29, 1.82) is 0 Å². The third-order valence-electron chi connectivity index (χ3n) is 4.55. The highest BCUT2D eigenvalue weighted by Crippen LogP contribution is 2.21. The van der Waals surface area contributed by atoms with E-state index in [0.717, 1.165) is 32.8 Å². The van der Waals surface area contributed by atoms with Crippen LogP contribution in [0.1, 0.15) is 41.6 Å². The van der Waals surface area contributed by atoms with Crippen LogP contribution in [0.5, 0.6) is 0 Å². The minimum Gasteiger partial charge on any atom is -0.379 e. The fraction of sp³-hybridized carbons (Fsp3) is 0.667. The lowest BCUT2D eigenvalue weighted by Crippen LogP contribution is -2.37. The van der Waals surface area contributed by atoms with Crippen molar-refractivity contribution >= 4 is 0 Å². The molecular formula is C18H30N2O. The van der Waals surface area contributed by atoms with E-state index < -0.39 is 0 Å². The smallest absolute Gasteiger partial charge is 0.0594 e. The van der Waals surface area contributed by atoms with Crippen molar-refractivity contribution in [3.63, 3.8) is 0 Å². The molecule has 0 radical (unpaired) electrons. The van der Waals surface area contributed by atoms with Crippen LogP contribution in [0.2, 0.25) is 0 Å². The molecule has 1 aliphatic heterocycles. The van der Waals surface area contributed by atoms with Crippen LogP contribution < -0.4 is 5.32 Å². The third-order valence-corrected chi connectivity index (χ3v) is 4.55. The number of morpholine rings is 1. The van der Waals surface area contributed by atoms with Crippen molar-refractivity contribution in [2.24, 2.45) is 0 Å². The van der Waals surface area contributed by atoms with E-state index in [1.807, 2.05) is 0 Å². The Morgan fingerprint density at radius 3 is 2.48 bits per heavy atom. The van der Waals surface area contributed by atoms with E-state index in [2.05, 4.69) is 50.0 Å². The summed E-state index contributed by atoms with van der Waals surface area (Å²) in [5.41, 5.74) is 5.60. The van der Waals surface area contributed by atoms with E-state index in [1.54, 1.807) is 0 Å². The van der Waals surface area contributed by atoms with Crippen molar-refractivity contribution in [1.82, 2.24) is 10.2 Å². The summed E-state index contributed by atoms with van der Waals surface area (Å²) in [6, 6.07) is 5.06. The third kappa shape index (κ3) is 4.80. The summed E-state index contributed by atoms with van der Waals surface area (Å²) in [5, 5.41) is 3.67. The fourth-order valence-corrected chi connectivity index (χ4v) is 3.01. The Hall–Kier alpha value is -0.900. The van der Waals surface area contributed by atoms with E-state index in [1.165, 1.54) is 35.2 Å². The number of nitrogens with zero attached hydrogens (tertiary/aromatic N) is 1. The van der Waals surface area contributed by atoms with Gasteiger partial charge in [-0.1, -0.05) is 12.1 Å². The van der Waals surface area contributed by atoms with E-state index in [0.29, 0.717) is 6.04 Å². The molecule has 1 fully saturated rings. The predicted molar refractivity (Wildman–Crippen MR) is 88.9 cm³/mol. The van der Waals surface area contributed by atoms with Gasteiger partial charge in [-0.2, -0.15) is 0 Å². The number of ether oxygens (including phenoxy) is 1. The second kappa shape index (κ2) is 7.92. The van der Waals surface area contributed by atoms with E-state index in [4.69, 9.17) is 4.74 Å². The summed E-state index contributed by atoms with van der Waals surface area (Å²) in [6.45, 7) is 15.1. The molecule has 0 amide bonds. The molecule has 3 heteroatoms. The first kappa shape index (κ1) is 16.5. The zero-order valence-electron chi connectivity index (χ0n) is 14.0. The molecule has 0 spiro atoms. The molecule has 1 atom stereocenters. The fourth-order valence-electron chi connectivity index (χ4n) is 3.01. The Morgan fingerprint density at radius 2 is 1.76 bits per heavy atom. The number of hydrogen-bond donors (Lipinski definition) is 1. The molecule has 0 aliphatic carbocycles. The van der Waals surface area contributed by atoms with Gasteiger partial charge >= 0.3 is 0 Å². The number of benzene rings is 1. The molecule has 1 N–H and O–H groups in total. The summed E-state index contributed by atoms with van der Waals surface area (Å²) in [7, 11) is 0. The van der Waals surface area contributed by atoms with Crippen LogP contribution in [0.3, 0.4) is 0 Å². The minimum absolute atomic E-state index is 0.425. The van der Waals surface area contributed by atoms with E-state index in [9.17, 15) is 0 Å². The van der Waals surface area contributed by atoms with Crippen LogP contribution in [0.25, 0.3) is 0 Å². The quantitative estimate of drug-likeness (QED) is 0.815. The van der Waals surface area contributed by atoms with Crippen molar-refractivity contribution in [3.8, 4) is 0 Å². The van der Waals surface area contributed by atoms with Crippen LogP contribution in [-0.2, 0) is 4.74 Å². The zero-order chi connectivity index (χ0) is 15.2. The van der Waals surface area contributed by atoms with Crippen LogP contribution >= 0.6 is 0 Å². The normalized spacial score (nSPS) is 17.9. The Bertz CT molecular complexity index is 453. The molecule has 1 aliphatic rings. The maximum Gasteiger partial charge on any atom is 0.0594 e. The maximum atomic E-state index is 5.38. The highest BCUT2D eigenvalue weighted by Gasteiger charge is 2.11. The lowest BCUT2D eigenvalue weighted by atomic mass is 9.96. The highest BCUT2D eigenvalue weighted by atomic mass is 16.5. The Balaban J connectivity index is 1.76. The second-order valence-corrected chi connectivity index (χ2v) is 6.28. The van der Waals surface area contributed by atoms with Gasteiger partial charge in [-0.25, -0.2) is 0 Å². The summed E-state index contributed by atoms with van der Waals surface area (Å²) in [5.74, 6) is 0. The summed E-state index contributed by atoms with van der Waals surface area (Å²) in [4.78, 5) is 2.50. The molecule has 1 aromatic rings. The Labute approximate surface area is 129 Å². The average Bonchev–Trinajstić information content (AvgIpc) is 2.48. The molecule has 1 saturated heterocycles. The predicted octanol–water partition coefficient (Wildman–Crippen LogP) is 2.98. The molecular weight excluding hydrogens is 260 g/mol. The van der Waals surface area contributed by atoms with Gasteiger partial charge in [0.2, 0.25) is 0 Å². The second-order valence-electron chi connectivity index (χ2n) is 6.28. The maximum absolute atomic E-state index is 5.38. The van der Waals surface area contributed by atoms with Gasteiger partial charge < -0.3 is 10.1 Å². The summed E-state index contributed by atoms with van der Waals surface area (Å²) < 4.78 is 5.38. The van der Waals surface area contributed by atoms with Gasteiger partial charge in [0.15, 0.2) is 0 Å². The van der Waals surface area contributed by atoms with Crippen LogP contribution in [0, 0.1) is 20.8 Å². The SMILES string of the molecule is Cc1cc(C)c(C(C)NCCCN2CCOCC2)cc1C. The van der Waals surface area contributed by atoms with Gasteiger partial charge in [-0.3, -0.25) is 4.90 Å². The Kier molecular flexibility index (Phi) is 6.22. The average molecular weight is 290 g/mol. The molecule has 2 rings (SSSR count). The zero-order valence-corrected chi connectivity index (χ0v) is 14.0. The standard InChI is InChI=1S/C18H30N2O/c1-14-12-16(3)18(13-15(14)2)17(4)19-6-5-7-20-8-10-21-11-9-20/h12-13,17,19H,5-11H2,1-4H3. The van der Waals surface area contributed by atoms with Crippen LogP contribution in [0.15, 0.2) is 12.1 Å². The van der Waals surface area contributed by atoms with Gasteiger partial charge in [0.05, 0.1) is 13.2 Å². The highest BCUT2D eigenvalue weighted by molar-refractivity contribution is 5.37. The van der Waals surface area contributed by atoms with E-state index >= 15 is 0 Å². The molecule has 0 bridgehead atoms. The van der Waals surface area contributed by atoms with Crippen LogP contribution in [-0.4, -0.2) is 44.3 Å². The molecule has 1 unspecified atom stereocenters. The molecule has 0 aromatic heterocycles. The lowest BCUT2D eigenvalue weighted by molar-refractivity contribution is 0.0374. The molecule has 0 saturated carbocycles. The van der Waals surface area contributed by atoms with Crippen LogP contribution in [0.4, 0.5) is 0 Å². The minimum atomic E-state index is 0.425. The largest absolute Gasteiger partial charge is 0.379 e. The van der Waals surface area contributed by atoms with Crippen molar-refractivity contribution < 1.29 is 4.74 Å². The van der Waals surface area contributed by atoms with Crippen molar-refractivity contribution in [3.05, 3.63) is 34.4 Å². The van der Waals surface area contributed by atoms with E-state index in [-0.39, 0.29) is 0 Å². The molecule has 1 heterocycles. The van der Waals surface area contributed by atoms with Gasteiger partial charge in [0, 0.05) is 19.1 Å². The van der Waals surface area contributed by atoms with Gasteiger partial charge in [-0.15, -0.1) is 0 Å². The molecule has 118 valence electrons. The van der Waals surface area contributed by atoms with Gasteiger partial charge in [0.1, 0.15) is 0 Å². The first-order chi connectivity index (χ1) is 10.1. The topological polar surface area (TPSA) is 24.5 Å². The molecule has 3 nitrogen and oxygen atoms in total. The summed E-state index contributed by atoms with van der Waals surface area (Å²) in [6.07, 6.45) is 1.20. The monoisotopic (exact) mass is 290 g/mol. The number of hydrogen-bond acceptors (Lipinski definition) is 3. The van der Waals surface area contributed by atoms with Gasteiger partial charge in [0.25, 0.3) is 0 Å².